The first-order chi connectivity index (χ1) is 12.0. The van der Waals surface area contributed by atoms with Crippen molar-refractivity contribution in [2.75, 3.05) is 54.0 Å². The molecule has 0 radical (unpaired) electrons. The number of halogens is 1. The molecule has 1 fully saturated rings. The lowest BCUT2D eigenvalue weighted by Crippen LogP contribution is -2.41. The lowest BCUT2D eigenvalue weighted by atomic mass is 10.1. The Bertz CT molecular complexity index is 564. The van der Waals surface area contributed by atoms with E-state index in [1.54, 1.807) is 19.2 Å². The zero-order valence-corrected chi connectivity index (χ0v) is 15.8. The molecule has 1 N–H and O–H groups in total. The highest BCUT2D eigenvalue weighted by atomic mass is 19.1. The Labute approximate surface area is 150 Å². The van der Waals surface area contributed by atoms with Gasteiger partial charge in [-0.25, -0.2) is 4.39 Å². The van der Waals surface area contributed by atoms with Gasteiger partial charge in [-0.1, -0.05) is 12.1 Å². The second kappa shape index (κ2) is 9.73. The van der Waals surface area contributed by atoms with Crippen LogP contribution in [-0.2, 0) is 4.74 Å². The van der Waals surface area contributed by atoms with Crippen LogP contribution in [0.3, 0.4) is 0 Å². The van der Waals surface area contributed by atoms with Crippen LogP contribution in [0.15, 0.2) is 29.3 Å². The summed E-state index contributed by atoms with van der Waals surface area (Å²) in [6, 6.07) is 6.83. The molecule has 0 amide bonds. The van der Waals surface area contributed by atoms with Gasteiger partial charge in [0.05, 0.1) is 19.2 Å². The van der Waals surface area contributed by atoms with Gasteiger partial charge in [0.25, 0.3) is 0 Å². The Hall–Kier alpha value is -1.66. The van der Waals surface area contributed by atoms with Crippen molar-refractivity contribution in [3.05, 3.63) is 35.6 Å². The molecule has 1 aliphatic heterocycles. The summed E-state index contributed by atoms with van der Waals surface area (Å²) in [5.41, 5.74) is 0.947. The third-order valence-electron chi connectivity index (χ3n) is 4.59. The average molecular weight is 350 g/mol. The number of aliphatic imine (C=N–C) groups is 1. The number of likely N-dealkylation sites (N-methyl/N-ethyl adjacent to an activating group) is 1. The predicted molar refractivity (Wildman–Crippen MR) is 100 cm³/mol. The molecule has 0 saturated carbocycles. The summed E-state index contributed by atoms with van der Waals surface area (Å²) in [5, 5.41) is 3.39. The second-order valence-electron chi connectivity index (χ2n) is 6.79. The minimum Gasteiger partial charge on any atom is -0.384 e. The molecule has 5 nitrogen and oxygen atoms in total. The quantitative estimate of drug-likeness (QED) is 0.605. The summed E-state index contributed by atoms with van der Waals surface area (Å²) >= 11 is 0. The monoisotopic (exact) mass is 350 g/mol. The summed E-state index contributed by atoms with van der Waals surface area (Å²) in [4.78, 5) is 9.22. The van der Waals surface area contributed by atoms with Gasteiger partial charge < -0.3 is 19.9 Å². The van der Waals surface area contributed by atoms with Crippen molar-refractivity contribution < 1.29 is 9.13 Å². The number of methoxy groups -OCH3 is 1. The molecule has 2 unspecified atom stereocenters. The molecule has 0 bridgehead atoms. The number of guanidine groups is 1. The van der Waals surface area contributed by atoms with Crippen LogP contribution in [0.25, 0.3) is 0 Å². The number of hydrogen-bond donors (Lipinski definition) is 1. The van der Waals surface area contributed by atoms with Gasteiger partial charge in [0.15, 0.2) is 5.96 Å². The molecular weight excluding hydrogens is 319 g/mol. The number of likely N-dealkylation sites (tertiary alicyclic amines) is 1. The molecule has 0 aromatic heterocycles. The lowest BCUT2D eigenvalue weighted by Gasteiger charge is -2.26. The second-order valence-corrected chi connectivity index (χ2v) is 6.79. The summed E-state index contributed by atoms with van der Waals surface area (Å²) in [5.74, 6) is 1.29. The zero-order valence-electron chi connectivity index (χ0n) is 15.8. The Balaban J connectivity index is 2.10. The molecule has 1 aromatic carbocycles. The van der Waals surface area contributed by atoms with Crippen molar-refractivity contribution in [2.45, 2.75) is 19.4 Å². The Morgan fingerprint density at radius 3 is 2.92 bits per heavy atom. The van der Waals surface area contributed by atoms with Crippen molar-refractivity contribution in [3.8, 4) is 0 Å². The van der Waals surface area contributed by atoms with Crippen molar-refractivity contribution >= 4 is 5.96 Å². The number of nitrogens with zero attached hydrogens (tertiary/aromatic N) is 3. The maximum Gasteiger partial charge on any atom is 0.193 e. The van der Waals surface area contributed by atoms with Crippen LogP contribution in [0.5, 0.6) is 0 Å². The Kier molecular flexibility index (Phi) is 7.65. The minimum atomic E-state index is -0.206. The zero-order chi connectivity index (χ0) is 18.2. The summed E-state index contributed by atoms with van der Waals surface area (Å²) in [7, 11) is 5.76. The molecule has 2 atom stereocenters. The maximum atomic E-state index is 13.6. The van der Waals surface area contributed by atoms with E-state index in [9.17, 15) is 4.39 Å². The topological polar surface area (TPSA) is 40.1 Å². The van der Waals surface area contributed by atoms with E-state index >= 15 is 0 Å². The van der Waals surface area contributed by atoms with Crippen molar-refractivity contribution in [2.24, 2.45) is 10.9 Å². The highest BCUT2D eigenvalue weighted by Gasteiger charge is 2.25. The summed E-state index contributed by atoms with van der Waals surface area (Å²) < 4.78 is 18.9. The molecule has 0 spiro atoms. The standard InChI is InChI=1S/C19H31FN4O/c1-5-21-19(24-10-9-15(13-24)14-25-4)22-12-18(23(2)3)16-7-6-8-17(20)11-16/h6-8,11,15,18H,5,9-10,12-14H2,1-4H3,(H,21,22). The van der Waals surface area contributed by atoms with Crippen LogP contribution in [0.4, 0.5) is 4.39 Å². The van der Waals surface area contributed by atoms with Crippen LogP contribution in [-0.4, -0.2) is 69.8 Å². The lowest BCUT2D eigenvalue weighted by molar-refractivity contribution is 0.157. The average Bonchev–Trinajstić information content (AvgIpc) is 3.03. The van der Waals surface area contributed by atoms with Gasteiger partial charge in [-0.05, 0) is 45.1 Å². The van der Waals surface area contributed by atoms with Gasteiger partial charge in [0, 0.05) is 32.7 Å². The van der Waals surface area contributed by atoms with E-state index in [1.807, 2.05) is 20.2 Å². The molecule has 1 saturated heterocycles. The molecule has 2 rings (SSSR count). The summed E-state index contributed by atoms with van der Waals surface area (Å²) in [6.07, 6.45) is 1.12. The third kappa shape index (κ3) is 5.68. The molecular formula is C19H31FN4O. The van der Waals surface area contributed by atoms with Crippen molar-refractivity contribution in [1.82, 2.24) is 15.1 Å². The Morgan fingerprint density at radius 1 is 1.48 bits per heavy atom. The van der Waals surface area contributed by atoms with Crippen LogP contribution < -0.4 is 5.32 Å². The third-order valence-corrected chi connectivity index (χ3v) is 4.59. The number of benzene rings is 1. The molecule has 1 aliphatic rings. The van der Waals surface area contributed by atoms with E-state index in [4.69, 9.17) is 9.73 Å². The van der Waals surface area contributed by atoms with Crippen LogP contribution in [0.1, 0.15) is 24.9 Å². The number of hydrogen-bond acceptors (Lipinski definition) is 3. The predicted octanol–water partition coefficient (Wildman–Crippen LogP) is 2.36. The van der Waals surface area contributed by atoms with Crippen LogP contribution in [0, 0.1) is 11.7 Å². The Morgan fingerprint density at radius 2 is 2.28 bits per heavy atom. The SMILES string of the molecule is CCNC(=NCC(c1cccc(F)c1)N(C)C)N1CCC(COC)C1. The number of nitrogens with one attached hydrogen (secondary N) is 1. The van der Waals surface area contributed by atoms with E-state index in [2.05, 4.69) is 22.0 Å². The smallest absolute Gasteiger partial charge is 0.193 e. The van der Waals surface area contributed by atoms with Gasteiger partial charge in [0.1, 0.15) is 5.82 Å². The largest absolute Gasteiger partial charge is 0.384 e. The fraction of sp³-hybridized carbons (Fsp3) is 0.632. The van der Waals surface area contributed by atoms with Gasteiger partial charge in [0.2, 0.25) is 0 Å². The van der Waals surface area contributed by atoms with E-state index in [0.717, 1.165) is 44.2 Å². The maximum absolute atomic E-state index is 13.6. The van der Waals surface area contributed by atoms with Crippen molar-refractivity contribution in [3.63, 3.8) is 0 Å². The first kappa shape index (κ1) is 19.7. The van der Waals surface area contributed by atoms with E-state index < -0.39 is 0 Å². The first-order valence-electron chi connectivity index (χ1n) is 8.99. The van der Waals surface area contributed by atoms with Gasteiger partial charge >= 0.3 is 0 Å². The molecule has 6 heteroatoms. The summed E-state index contributed by atoms with van der Waals surface area (Å²) in [6.45, 7) is 6.24. The highest BCUT2D eigenvalue weighted by molar-refractivity contribution is 5.80. The molecule has 140 valence electrons. The van der Waals surface area contributed by atoms with Crippen LogP contribution in [0.2, 0.25) is 0 Å². The van der Waals surface area contributed by atoms with Gasteiger partial charge in [-0.3, -0.25) is 4.99 Å². The molecule has 1 heterocycles. The van der Waals surface area contributed by atoms with Crippen LogP contribution >= 0.6 is 0 Å². The fourth-order valence-electron chi connectivity index (χ4n) is 3.28. The number of ether oxygens (including phenoxy) is 1. The van der Waals surface area contributed by atoms with Crippen molar-refractivity contribution in [1.29, 1.82) is 0 Å². The van der Waals surface area contributed by atoms with E-state index in [0.29, 0.717) is 12.5 Å². The van der Waals surface area contributed by atoms with Gasteiger partial charge in [-0.2, -0.15) is 0 Å². The van der Waals surface area contributed by atoms with E-state index in [-0.39, 0.29) is 11.9 Å². The molecule has 1 aromatic rings. The molecule has 25 heavy (non-hydrogen) atoms. The number of rotatable bonds is 7. The fourth-order valence-corrected chi connectivity index (χ4v) is 3.28. The molecule has 0 aliphatic carbocycles. The normalized spacial score (nSPS) is 19.5. The minimum absolute atomic E-state index is 0.0433. The first-order valence-corrected chi connectivity index (χ1v) is 8.99. The van der Waals surface area contributed by atoms with E-state index in [1.165, 1.54) is 6.07 Å². The van der Waals surface area contributed by atoms with Gasteiger partial charge in [-0.15, -0.1) is 0 Å². The highest BCUT2D eigenvalue weighted by Crippen LogP contribution is 2.21.